The molecule has 1 N–H and O–H groups in total. The molecule has 0 aliphatic carbocycles. The molecule has 25 heavy (non-hydrogen) atoms. The number of aromatic nitrogens is 1. The molecule has 2 heterocycles. The van der Waals surface area contributed by atoms with Gasteiger partial charge >= 0.3 is 0 Å². The third kappa shape index (κ3) is 3.26. The Hall–Kier alpha value is -2.34. The van der Waals surface area contributed by atoms with Gasteiger partial charge in [0.05, 0.1) is 10.7 Å². The second-order valence-corrected chi connectivity index (χ2v) is 6.97. The van der Waals surface area contributed by atoms with Gasteiger partial charge in [0.2, 0.25) is 0 Å². The first-order valence-electron chi connectivity index (χ1n) is 7.31. The lowest BCUT2D eigenvalue weighted by Gasteiger charge is -2.01. The second kappa shape index (κ2) is 6.52. The molecule has 2 aromatic heterocycles. The van der Waals surface area contributed by atoms with Crippen LogP contribution in [0.4, 0.5) is 5.13 Å². The van der Waals surface area contributed by atoms with E-state index in [0.29, 0.717) is 26.5 Å². The topological polar surface area (TPSA) is 55.1 Å². The molecule has 0 aliphatic rings. The zero-order chi connectivity index (χ0) is 17.4. The van der Waals surface area contributed by atoms with Crippen molar-refractivity contribution in [1.82, 2.24) is 4.98 Å². The lowest BCUT2D eigenvalue weighted by molar-refractivity contribution is 0.0998. The molecule has 4 nitrogen and oxygen atoms in total. The van der Waals surface area contributed by atoms with Crippen molar-refractivity contribution in [3.63, 3.8) is 0 Å². The number of carbonyl (C=O) groups is 1. The SMILES string of the molecule is O=C(Nc1nc(-c2ccc(Cl)cc2Cl)cs1)c1cc2ccccc2o1. The predicted molar refractivity (Wildman–Crippen MR) is 102 cm³/mol. The van der Waals surface area contributed by atoms with Crippen molar-refractivity contribution < 1.29 is 9.21 Å². The Morgan fingerprint density at radius 1 is 1.12 bits per heavy atom. The molecule has 0 fully saturated rings. The van der Waals surface area contributed by atoms with E-state index in [4.69, 9.17) is 27.6 Å². The zero-order valence-corrected chi connectivity index (χ0v) is 15.0. The summed E-state index contributed by atoms with van der Waals surface area (Å²) >= 11 is 13.4. The van der Waals surface area contributed by atoms with Crippen molar-refractivity contribution in [2.45, 2.75) is 0 Å². The Morgan fingerprint density at radius 2 is 1.96 bits per heavy atom. The van der Waals surface area contributed by atoms with Gasteiger partial charge in [-0.3, -0.25) is 10.1 Å². The van der Waals surface area contributed by atoms with Crippen LogP contribution in [0.1, 0.15) is 10.6 Å². The normalized spacial score (nSPS) is 11.0. The van der Waals surface area contributed by atoms with Gasteiger partial charge in [0.15, 0.2) is 10.9 Å². The van der Waals surface area contributed by atoms with E-state index < -0.39 is 0 Å². The van der Waals surface area contributed by atoms with Gasteiger partial charge in [-0.25, -0.2) is 4.98 Å². The number of hydrogen-bond acceptors (Lipinski definition) is 4. The van der Waals surface area contributed by atoms with Crippen molar-refractivity contribution >= 4 is 56.5 Å². The average molecular weight is 389 g/mol. The lowest BCUT2D eigenvalue weighted by Crippen LogP contribution is -2.10. The van der Waals surface area contributed by atoms with E-state index in [2.05, 4.69) is 10.3 Å². The maximum absolute atomic E-state index is 12.4. The van der Waals surface area contributed by atoms with Gasteiger partial charge in [-0.2, -0.15) is 0 Å². The number of thiazole rings is 1. The van der Waals surface area contributed by atoms with Crippen LogP contribution >= 0.6 is 34.5 Å². The standard InChI is InChI=1S/C18H10Cl2N2O2S/c19-11-5-6-12(13(20)8-11)14-9-25-18(21-14)22-17(23)16-7-10-3-1-2-4-15(10)24-16/h1-9H,(H,21,22,23). The van der Waals surface area contributed by atoms with Crippen LogP contribution < -0.4 is 5.32 Å². The van der Waals surface area contributed by atoms with Gasteiger partial charge in [-0.15, -0.1) is 11.3 Å². The van der Waals surface area contributed by atoms with E-state index in [9.17, 15) is 4.79 Å². The Morgan fingerprint density at radius 3 is 2.76 bits per heavy atom. The number of halogens is 2. The first kappa shape index (κ1) is 16.1. The lowest BCUT2D eigenvalue weighted by atomic mass is 10.2. The number of amides is 1. The molecule has 2 aromatic carbocycles. The number of nitrogens with one attached hydrogen (secondary N) is 1. The van der Waals surface area contributed by atoms with E-state index in [-0.39, 0.29) is 11.7 Å². The zero-order valence-electron chi connectivity index (χ0n) is 12.6. The molecule has 7 heteroatoms. The number of fused-ring (bicyclic) bond motifs is 1. The van der Waals surface area contributed by atoms with Crippen LogP contribution in [0.3, 0.4) is 0 Å². The third-order valence-corrected chi connectivity index (χ3v) is 4.89. The highest BCUT2D eigenvalue weighted by Gasteiger charge is 2.15. The molecule has 0 aliphatic heterocycles. The van der Waals surface area contributed by atoms with Gasteiger partial charge in [0, 0.05) is 21.4 Å². The Bertz CT molecular complexity index is 1050. The molecule has 0 saturated carbocycles. The highest BCUT2D eigenvalue weighted by Crippen LogP contribution is 2.32. The van der Waals surface area contributed by atoms with Crippen molar-refractivity contribution in [1.29, 1.82) is 0 Å². The van der Waals surface area contributed by atoms with Crippen LogP contribution in [0.5, 0.6) is 0 Å². The minimum atomic E-state index is -0.348. The molecular weight excluding hydrogens is 379 g/mol. The predicted octanol–water partition coefficient (Wildman–Crippen LogP) is 6.12. The molecule has 0 radical (unpaired) electrons. The smallest absolute Gasteiger partial charge is 0.293 e. The molecule has 0 bridgehead atoms. The van der Waals surface area contributed by atoms with E-state index in [1.807, 2.05) is 29.6 Å². The monoisotopic (exact) mass is 388 g/mol. The minimum absolute atomic E-state index is 0.238. The van der Waals surface area contributed by atoms with Crippen molar-refractivity contribution in [2.75, 3.05) is 5.32 Å². The van der Waals surface area contributed by atoms with Crippen LogP contribution in [-0.2, 0) is 0 Å². The van der Waals surface area contributed by atoms with Crippen molar-refractivity contribution in [2.24, 2.45) is 0 Å². The van der Waals surface area contributed by atoms with Crippen LogP contribution in [0.2, 0.25) is 10.0 Å². The Balaban J connectivity index is 1.57. The van der Waals surface area contributed by atoms with Gasteiger partial charge in [-0.1, -0.05) is 41.4 Å². The molecule has 0 saturated heterocycles. The summed E-state index contributed by atoms with van der Waals surface area (Å²) in [4.78, 5) is 16.8. The van der Waals surface area contributed by atoms with E-state index >= 15 is 0 Å². The quantitative estimate of drug-likeness (QED) is 0.460. The fourth-order valence-electron chi connectivity index (χ4n) is 2.40. The highest BCUT2D eigenvalue weighted by atomic mass is 35.5. The highest BCUT2D eigenvalue weighted by molar-refractivity contribution is 7.14. The van der Waals surface area contributed by atoms with E-state index in [0.717, 1.165) is 10.9 Å². The summed E-state index contributed by atoms with van der Waals surface area (Å²) in [7, 11) is 0. The first-order chi connectivity index (χ1) is 12.1. The fraction of sp³-hybridized carbons (Fsp3) is 0. The molecule has 0 atom stereocenters. The second-order valence-electron chi connectivity index (χ2n) is 5.26. The molecule has 0 unspecified atom stereocenters. The number of furan rings is 1. The molecular formula is C18H10Cl2N2O2S. The number of benzene rings is 2. The average Bonchev–Trinajstić information content (AvgIpc) is 3.21. The number of para-hydroxylation sites is 1. The van der Waals surface area contributed by atoms with Crippen molar-refractivity contribution in [3.05, 3.63) is 69.7 Å². The summed E-state index contributed by atoms with van der Waals surface area (Å²) in [6.45, 7) is 0. The van der Waals surface area contributed by atoms with Gasteiger partial charge in [-0.05, 0) is 30.3 Å². The van der Waals surface area contributed by atoms with Crippen LogP contribution in [-0.4, -0.2) is 10.9 Å². The third-order valence-electron chi connectivity index (χ3n) is 3.58. The maximum atomic E-state index is 12.4. The number of anilines is 1. The molecule has 4 aromatic rings. The Kier molecular flexibility index (Phi) is 4.21. The van der Waals surface area contributed by atoms with Crippen LogP contribution in [0, 0.1) is 0 Å². The van der Waals surface area contributed by atoms with E-state index in [1.165, 1.54) is 11.3 Å². The summed E-state index contributed by atoms with van der Waals surface area (Å²) in [5, 5.41) is 6.97. The number of nitrogens with zero attached hydrogens (tertiary/aromatic N) is 1. The summed E-state index contributed by atoms with van der Waals surface area (Å²) in [6, 6.07) is 14.4. The van der Waals surface area contributed by atoms with Crippen LogP contribution in [0.25, 0.3) is 22.2 Å². The first-order valence-corrected chi connectivity index (χ1v) is 8.94. The van der Waals surface area contributed by atoms with Gasteiger partial charge in [0.25, 0.3) is 5.91 Å². The van der Waals surface area contributed by atoms with Gasteiger partial charge < -0.3 is 4.42 Å². The summed E-state index contributed by atoms with van der Waals surface area (Å²) in [5.74, 6) is -0.109. The molecule has 1 amide bonds. The number of carbonyl (C=O) groups excluding carboxylic acids is 1. The molecule has 4 rings (SSSR count). The molecule has 124 valence electrons. The van der Waals surface area contributed by atoms with Crippen molar-refractivity contribution in [3.8, 4) is 11.3 Å². The fourth-order valence-corrected chi connectivity index (χ4v) is 3.62. The summed E-state index contributed by atoms with van der Waals surface area (Å²) in [6.07, 6.45) is 0. The summed E-state index contributed by atoms with van der Waals surface area (Å²) < 4.78 is 5.55. The largest absolute Gasteiger partial charge is 0.451 e. The Labute approximate surface area is 157 Å². The van der Waals surface area contributed by atoms with E-state index in [1.54, 1.807) is 24.3 Å². The minimum Gasteiger partial charge on any atom is -0.451 e. The number of rotatable bonds is 3. The summed E-state index contributed by atoms with van der Waals surface area (Å²) in [5.41, 5.74) is 2.10. The maximum Gasteiger partial charge on any atom is 0.293 e. The molecule has 0 spiro atoms. The van der Waals surface area contributed by atoms with Crippen LogP contribution in [0.15, 0.2) is 58.3 Å². The van der Waals surface area contributed by atoms with Gasteiger partial charge in [0.1, 0.15) is 5.58 Å². The number of hydrogen-bond donors (Lipinski definition) is 1.